The van der Waals surface area contributed by atoms with Crippen LogP contribution in [0.15, 0.2) is 67.1 Å². The second kappa shape index (κ2) is 12.4. The number of hydrogen-bond acceptors (Lipinski definition) is 7. The molecule has 1 aliphatic carbocycles. The minimum atomic E-state index is -1.04. The van der Waals surface area contributed by atoms with Crippen molar-refractivity contribution >= 4 is 29.8 Å². The van der Waals surface area contributed by atoms with Crippen LogP contribution in [0, 0.1) is 5.92 Å². The molecule has 0 spiro atoms. The Labute approximate surface area is 234 Å². The van der Waals surface area contributed by atoms with Crippen LogP contribution in [0.5, 0.6) is 0 Å². The normalized spacial score (nSPS) is 15.9. The topological polar surface area (TPSA) is 99.5 Å². The first-order valence-electron chi connectivity index (χ1n) is 13.1. The number of aromatic nitrogens is 6. The lowest BCUT2D eigenvalue weighted by Crippen LogP contribution is -2.18. The van der Waals surface area contributed by atoms with E-state index in [1.54, 1.807) is 17.1 Å². The number of nitrogens with two attached hydrogens (primary N) is 1. The number of imidazole rings is 1. The van der Waals surface area contributed by atoms with E-state index < -0.39 is 12.2 Å². The molecule has 5 aromatic rings. The Hall–Kier alpha value is -3.76. The van der Waals surface area contributed by atoms with Gasteiger partial charge >= 0.3 is 0 Å². The number of nitrogens with zero attached hydrogens (tertiary/aromatic N) is 6. The van der Waals surface area contributed by atoms with Crippen molar-refractivity contribution in [1.29, 1.82) is 0 Å². The van der Waals surface area contributed by atoms with Crippen LogP contribution in [0.4, 0.5) is 10.2 Å². The Balaban J connectivity index is 0.000000541. The molecule has 0 saturated carbocycles. The standard InChI is InChI=1S/C23H19FN8S.C4H10.C2H6/c24-17-12-13-11-14(4-5-15(13)20(17)30-33)32-22(16-3-1-8-26-21(16)25)28-18-6-7-19(29-23(18)32)31-10-2-9-27-31;1-4(2)3;1-2/h1-11,17,20,30,33H,12H2,(H2,25,26);4H,1-3H3;1-2H3. The van der Waals surface area contributed by atoms with Gasteiger partial charge in [0.15, 0.2) is 17.3 Å². The molecule has 10 heteroatoms. The lowest BCUT2D eigenvalue weighted by Gasteiger charge is -2.14. The first kappa shape index (κ1) is 28.3. The molecule has 3 N–H and O–H groups in total. The highest BCUT2D eigenvalue weighted by Gasteiger charge is 2.32. The largest absolute Gasteiger partial charge is 0.383 e. The third kappa shape index (κ3) is 5.81. The fourth-order valence-corrected chi connectivity index (χ4v) is 4.70. The molecule has 0 bridgehead atoms. The van der Waals surface area contributed by atoms with E-state index in [1.807, 2.05) is 73.1 Å². The van der Waals surface area contributed by atoms with Crippen molar-refractivity contribution in [1.82, 2.24) is 34.0 Å². The zero-order valence-corrected chi connectivity index (χ0v) is 23.8. The first-order valence-corrected chi connectivity index (χ1v) is 13.6. The number of nitrogens with one attached hydrogen (secondary N) is 1. The van der Waals surface area contributed by atoms with Gasteiger partial charge in [0.1, 0.15) is 17.5 Å². The van der Waals surface area contributed by atoms with Gasteiger partial charge in [-0.3, -0.25) is 9.29 Å². The van der Waals surface area contributed by atoms with E-state index in [0.717, 1.165) is 22.7 Å². The van der Waals surface area contributed by atoms with Gasteiger partial charge < -0.3 is 5.73 Å². The summed E-state index contributed by atoms with van der Waals surface area (Å²) >= 11 is 4.11. The minimum absolute atomic E-state index is 0.310. The molecule has 0 fully saturated rings. The average molecular weight is 547 g/mol. The summed E-state index contributed by atoms with van der Waals surface area (Å²) in [7, 11) is 0. The number of pyridine rings is 2. The molecule has 2 atom stereocenters. The molecule has 0 amide bonds. The molecule has 39 heavy (non-hydrogen) atoms. The SMILES string of the molecule is CC.CC(C)C.Nc1ncccc1-c1nc2ccc(-n3cccn3)nc2n1-c1ccc2c(c1)CC(F)C2NS. The van der Waals surface area contributed by atoms with Crippen LogP contribution in [0.25, 0.3) is 34.1 Å². The van der Waals surface area contributed by atoms with Gasteiger partial charge in [0.25, 0.3) is 0 Å². The number of thiol groups is 1. The Morgan fingerprint density at radius 3 is 2.49 bits per heavy atom. The van der Waals surface area contributed by atoms with Gasteiger partial charge in [-0.15, -0.1) is 0 Å². The summed E-state index contributed by atoms with van der Waals surface area (Å²) in [6.45, 7) is 10.5. The highest BCUT2D eigenvalue weighted by molar-refractivity contribution is 7.78. The minimum Gasteiger partial charge on any atom is -0.383 e. The predicted molar refractivity (Wildman–Crippen MR) is 159 cm³/mol. The maximum absolute atomic E-state index is 14.5. The van der Waals surface area contributed by atoms with E-state index in [2.05, 4.69) is 48.4 Å². The van der Waals surface area contributed by atoms with Gasteiger partial charge in [-0.2, -0.15) is 5.10 Å². The second-order valence-corrected chi connectivity index (χ2v) is 9.87. The van der Waals surface area contributed by atoms with Gasteiger partial charge in [0.2, 0.25) is 0 Å². The summed E-state index contributed by atoms with van der Waals surface area (Å²) in [5, 5.41) is 4.29. The van der Waals surface area contributed by atoms with Crippen molar-refractivity contribution in [3.8, 4) is 22.9 Å². The lowest BCUT2D eigenvalue weighted by molar-refractivity contribution is 0.294. The monoisotopic (exact) mass is 546 g/mol. The first-order chi connectivity index (χ1) is 18.9. The molecular weight excluding hydrogens is 511 g/mol. The number of hydrogen-bond donors (Lipinski definition) is 3. The molecule has 0 aliphatic heterocycles. The summed E-state index contributed by atoms with van der Waals surface area (Å²) in [6, 6.07) is 14.7. The van der Waals surface area contributed by atoms with Crippen LogP contribution in [-0.4, -0.2) is 35.5 Å². The van der Waals surface area contributed by atoms with Crippen LogP contribution in [0.1, 0.15) is 51.8 Å². The molecule has 2 unspecified atom stereocenters. The molecular formula is C29H35FN8S. The number of anilines is 1. The molecule has 6 rings (SSSR count). The quantitative estimate of drug-likeness (QED) is 0.229. The van der Waals surface area contributed by atoms with Crippen LogP contribution in [0.3, 0.4) is 0 Å². The van der Waals surface area contributed by atoms with E-state index in [1.165, 1.54) is 0 Å². The number of halogens is 1. The Morgan fingerprint density at radius 2 is 1.82 bits per heavy atom. The van der Waals surface area contributed by atoms with Crippen LogP contribution >= 0.6 is 12.8 Å². The van der Waals surface area contributed by atoms with Crippen molar-refractivity contribution in [3.05, 3.63) is 78.2 Å². The number of benzene rings is 1. The van der Waals surface area contributed by atoms with E-state index in [9.17, 15) is 4.39 Å². The molecule has 8 nitrogen and oxygen atoms in total. The summed E-state index contributed by atoms with van der Waals surface area (Å²) < 4.78 is 20.9. The van der Waals surface area contributed by atoms with E-state index in [-0.39, 0.29) is 0 Å². The predicted octanol–water partition coefficient (Wildman–Crippen LogP) is 6.31. The summed E-state index contributed by atoms with van der Waals surface area (Å²) in [5.74, 6) is 2.47. The zero-order chi connectivity index (χ0) is 28.1. The van der Waals surface area contributed by atoms with Gasteiger partial charge in [0, 0.05) is 30.7 Å². The number of alkyl halides is 1. The molecule has 0 radical (unpaired) electrons. The maximum Gasteiger partial charge on any atom is 0.167 e. The molecule has 0 saturated heterocycles. The van der Waals surface area contributed by atoms with Crippen molar-refractivity contribution in [2.45, 2.75) is 53.3 Å². The lowest BCUT2D eigenvalue weighted by atomic mass is 10.1. The fourth-order valence-electron chi connectivity index (χ4n) is 4.40. The number of rotatable bonds is 4. The summed E-state index contributed by atoms with van der Waals surface area (Å²) in [4.78, 5) is 13.9. The fraction of sp³-hybridized carbons (Fsp3) is 0.310. The third-order valence-corrected chi connectivity index (χ3v) is 6.22. The van der Waals surface area contributed by atoms with Crippen LogP contribution in [-0.2, 0) is 6.42 Å². The van der Waals surface area contributed by atoms with Crippen molar-refractivity contribution in [2.75, 3.05) is 5.73 Å². The van der Waals surface area contributed by atoms with Crippen molar-refractivity contribution in [3.63, 3.8) is 0 Å². The number of fused-ring (bicyclic) bond motifs is 2. The molecule has 4 aromatic heterocycles. The molecule has 1 aromatic carbocycles. The molecule has 204 valence electrons. The Morgan fingerprint density at radius 1 is 1.05 bits per heavy atom. The Kier molecular flexibility index (Phi) is 8.98. The van der Waals surface area contributed by atoms with Crippen LogP contribution < -0.4 is 10.5 Å². The molecule has 1 aliphatic rings. The highest BCUT2D eigenvalue weighted by atomic mass is 32.1. The smallest absolute Gasteiger partial charge is 0.167 e. The average Bonchev–Trinajstić information content (AvgIpc) is 3.66. The molecule has 4 heterocycles. The van der Waals surface area contributed by atoms with Crippen LogP contribution in [0.2, 0.25) is 0 Å². The third-order valence-electron chi connectivity index (χ3n) is 5.94. The Bertz CT molecular complexity index is 1530. The second-order valence-electron chi connectivity index (χ2n) is 9.61. The van der Waals surface area contributed by atoms with Crippen molar-refractivity contribution in [2.24, 2.45) is 5.92 Å². The number of nitrogen functional groups attached to an aromatic ring is 1. The zero-order valence-electron chi connectivity index (χ0n) is 22.9. The van der Waals surface area contributed by atoms with Gasteiger partial charge in [0.05, 0.1) is 11.6 Å². The highest BCUT2D eigenvalue weighted by Crippen LogP contribution is 2.37. The maximum atomic E-state index is 14.5. The van der Waals surface area contributed by atoms with Gasteiger partial charge in [-0.25, -0.2) is 24.0 Å². The summed E-state index contributed by atoms with van der Waals surface area (Å²) in [6.07, 6.45) is 4.44. The van der Waals surface area contributed by atoms with E-state index in [4.69, 9.17) is 15.7 Å². The van der Waals surface area contributed by atoms with E-state index >= 15 is 0 Å². The van der Waals surface area contributed by atoms with Crippen molar-refractivity contribution < 1.29 is 4.39 Å². The van der Waals surface area contributed by atoms with Gasteiger partial charge in [-0.1, -0.05) is 53.5 Å². The van der Waals surface area contributed by atoms with E-state index in [0.29, 0.717) is 40.6 Å². The summed E-state index contributed by atoms with van der Waals surface area (Å²) in [5.41, 5.74) is 10.9. The van der Waals surface area contributed by atoms with Gasteiger partial charge in [-0.05, 0) is 59.5 Å².